The molecule has 10 heteroatoms. The Morgan fingerprint density at radius 3 is 2.00 bits per heavy atom. The number of nitrogens with one attached hydrogen (secondary N) is 1. The molecule has 0 aliphatic carbocycles. The molecule has 124 valence electrons. The van der Waals surface area contributed by atoms with Crippen molar-refractivity contribution in [2.45, 2.75) is 25.7 Å². The summed E-state index contributed by atoms with van der Waals surface area (Å²) in [7, 11) is 0. The van der Waals surface area contributed by atoms with Crippen molar-refractivity contribution in [3.63, 3.8) is 0 Å². The van der Waals surface area contributed by atoms with Crippen molar-refractivity contribution in [3.8, 4) is 0 Å². The number of hydrogen-bond donors (Lipinski definition) is 4. The summed E-state index contributed by atoms with van der Waals surface area (Å²) in [6.07, 6.45) is 0.360. The van der Waals surface area contributed by atoms with Gasteiger partial charge in [0.05, 0.1) is 5.75 Å². The van der Waals surface area contributed by atoms with Gasteiger partial charge in [-0.3, -0.25) is 28.9 Å². The van der Waals surface area contributed by atoms with Crippen LogP contribution in [0.4, 0.5) is 0 Å². The fourth-order valence-electron chi connectivity index (χ4n) is 1.46. The van der Waals surface area contributed by atoms with Crippen molar-refractivity contribution in [2.24, 2.45) is 0 Å². The lowest BCUT2D eigenvalue weighted by atomic mass is 10.2. The summed E-state index contributed by atoms with van der Waals surface area (Å²) in [5.41, 5.74) is 0. The summed E-state index contributed by atoms with van der Waals surface area (Å²) in [6.45, 7) is -1.21. The van der Waals surface area contributed by atoms with Crippen LogP contribution >= 0.6 is 12.6 Å². The summed E-state index contributed by atoms with van der Waals surface area (Å²) in [6, 6.07) is 0. The summed E-state index contributed by atoms with van der Waals surface area (Å²) in [5.74, 6) is -4.61. The number of imide groups is 1. The van der Waals surface area contributed by atoms with Crippen LogP contribution in [0.3, 0.4) is 0 Å². The lowest BCUT2D eigenvalue weighted by Gasteiger charge is -2.19. The molecule has 0 aromatic heterocycles. The van der Waals surface area contributed by atoms with Gasteiger partial charge in [0, 0.05) is 12.8 Å². The normalized spacial score (nSPS) is 9.86. The molecule has 0 aliphatic rings. The van der Waals surface area contributed by atoms with Crippen molar-refractivity contribution in [1.82, 2.24) is 10.2 Å². The van der Waals surface area contributed by atoms with Crippen molar-refractivity contribution < 1.29 is 34.2 Å². The lowest BCUT2D eigenvalue weighted by molar-refractivity contribution is -0.147. The molecule has 0 heterocycles. The van der Waals surface area contributed by atoms with E-state index in [1.165, 1.54) is 0 Å². The van der Waals surface area contributed by atoms with Gasteiger partial charge >= 0.3 is 11.9 Å². The minimum atomic E-state index is -1.25. The van der Waals surface area contributed by atoms with Gasteiger partial charge in [-0.2, -0.15) is 12.6 Å². The molecule has 0 aromatic carbocycles. The molecular formula is C12H18N2O7S. The molecule has 0 spiro atoms. The van der Waals surface area contributed by atoms with E-state index in [0.29, 0.717) is 4.90 Å². The highest BCUT2D eigenvalue weighted by atomic mass is 32.1. The largest absolute Gasteiger partial charge is 0.481 e. The lowest BCUT2D eigenvalue weighted by Crippen LogP contribution is -2.45. The number of hydrogen-bond acceptors (Lipinski definition) is 6. The molecule has 0 saturated carbocycles. The van der Waals surface area contributed by atoms with E-state index in [1.54, 1.807) is 0 Å². The predicted octanol–water partition coefficient (Wildman–Crippen LogP) is -0.883. The van der Waals surface area contributed by atoms with E-state index in [2.05, 4.69) is 12.6 Å². The number of rotatable bonds is 10. The molecule has 0 saturated heterocycles. The number of carbonyl (C=O) groups is 5. The second kappa shape index (κ2) is 10.6. The Morgan fingerprint density at radius 1 is 0.909 bits per heavy atom. The van der Waals surface area contributed by atoms with Crippen LogP contribution in [0, 0.1) is 0 Å². The van der Waals surface area contributed by atoms with Crippen LogP contribution in [0.5, 0.6) is 0 Å². The highest BCUT2D eigenvalue weighted by Crippen LogP contribution is 2.05. The number of unbranched alkanes of at least 4 members (excludes halogenated alkanes) is 1. The molecule has 0 radical (unpaired) electrons. The zero-order valence-electron chi connectivity index (χ0n) is 11.8. The molecule has 0 bridgehead atoms. The standard InChI is InChI=1S/C12H18N2O7S/c15-8(13-5-12(20)21)6-14(10(17)7-22)9(16)3-1-2-4-11(18)19/h22H,1-7H2,(H,13,15)(H,18,19)(H,20,21). The van der Waals surface area contributed by atoms with Gasteiger partial charge in [0.15, 0.2) is 0 Å². The van der Waals surface area contributed by atoms with E-state index in [-0.39, 0.29) is 31.4 Å². The van der Waals surface area contributed by atoms with E-state index >= 15 is 0 Å². The van der Waals surface area contributed by atoms with Crippen molar-refractivity contribution >= 4 is 42.3 Å². The number of aliphatic carboxylic acids is 2. The van der Waals surface area contributed by atoms with Crippen molar-refractivity contribution in [2.75, 3.05) is 18.8 Å². The summed E-state index contributed by atoms with van der Waals surface area (Å²) in [5, 5.41) is 18.9. The van der Waals surface area contributed by atoms with E-state index in [0.717, 1.165) is 0 Å². The first kappa shape index (κ1) is 19.9. The van der Waals surface area contributed by atoms with Crippen LogP contribution in [0.1, 0.15) is 25.7 Å². The quantitative estimate of drug-likeness (QED) is 0.300. The number of carboxylic acid groups (broad SMARTS) is 2. The van der Waals surface area contributed by atoms with Crippen LogP contribution in [-0.2, 0) is 24.0 Å². The zero-order valence-corrected chi connectivity index (χ0v) is 12.7. The SMILES string of the molecule is O=C(O)CCCCC(=O)N(CC(=O)NCC(=O)O)C(=O)CS. The second-order valence-corrected chi connectivity index (χ2v) is 4.62. The highest BCUT2D eigenvalue weighted by Gasteiger charge is 2.22. The molecule has 0 rings (SSSR count). The Labute approximate surface area is 132 Å². The Hall–Kier alpha value is -2.10. The average molecular weight is 334 g/mol. The van der Waals surface area contributed by atoms with Gasteiger partial charge in [0.1, 0.15) is 13.1 Å². The molecule has 3 N–H and O–H groups in total. The van der Waals surface area contributed by atoms with Crippen LogP contribution in [0.15, 0.2) is 0 Å². The van der Waals surface area contributed by atoms with E-state index in [1.807, 2.05) is 5.32 Å². The summed E-state index contributed by atoms with van der Waals surface area (Å²) in [4.78, 5) is 56.3. The maximum absolute atomic E-state index is 11.9. The van der Waals surface area contributed by atoms with Gasteiger partial charge < -0.3 is 15.5 Å². The Bertz CT molecular complexity index is 453. The molecule has 22 heavy (non-hydrogen) atoms. The highest BCUT2D eigenvalue weighted by molar-refractivity contribution is 7.81. The van der Waals surface area contributed by atoms with Gasteiger partial charge in [-0.25, -0.2) is 0 Å². The van der Waals surface area contributed by atoms with Gasteiger partial charge in [-0.15, -0.1) is 0 Å². The summed E-state index contributed by atoms with van der Waals surface area (Å²) >= 11 is 3.75. The van der Waals surface area contributed by atoms with Gasteiger partial charge in [0.25, 0.3) is 0 Å². The number of carbonyl (C=O) groups excluding carboxylic acids is 3. The molecule has 3 amide bonds. The van der Waals surface area contributed by atoms with E-state index in [4.69, 9.17) is 10.2 Å². The fourth-order valence-corrected chi connectivity index (χ4v) is 1.63. The maximum atomic E-state index is 11.9. The van der Waals surface area contributed by atoms with Gasteiger partial charge in [-0.1, -0.05) is 0 Å². The zero-order chi connectivity index (χ0) is 17.1. The molecule has 9 nitrogen and oxygen atoms in total. The first-order valence-corrected chi connectivity index (χ1v) is 7.05. The fraction of sp³-hybridized carbons (Fsp3) is 0.583. The Morgan fingerprint density at radius 2 is 1.50 bits per heavy atom. The maximum Gasteiger partial charge on any atom is 0.322 e. The van der Waals surface area contributed by atoms with E-state index < -0.39 is 42.7 Å². The minimum absolute atomic E-state index is 0.0843. The van der Waals surface area contributed by atoms with Crippen LogP contribution in [0.2, 0.25) is 0 Å². The van der Waals surface area contributed by atoms with Gasteiger partial charge in [0.2, 0.25) is 17.7 Å². The number of thiol groups is 1. The smallest absolute Gasteiger partial charge is 0.322 e. The number of carboxylic acids is 2. The minimum Gasteiger partial charge on any atom is -0.481 e. The third-order valence-electron chi connectivity index (χ3n) is 2.51. The topological polar surface area (TPSA) is 141 Å². The van der Waals surface area contributed by atoms with Gasteiger partial charge in [-0.05, 0) is 12.8 Å². The van der Waals surface area contributed by atoms with Crippen molar-refractivity contribution in [3.05, 3.63) is 0 Å². The monoisotopic (exact) mass is 334 g/mol. The molecule has 0 fully saturated rings. The third kappa shape index (κ3) is 8.95. The van der Waals surface area contributed by atoms with Crippen molar-refractivity contribution in [1.29, 1.82) is 0 Å². The molecular weight excluding hydrogens is 316 g/mol. The average Bonchev–Trinajstić information content (AvgIpc) is 2.45. The first-order valence-electron chi connectivity index (χ1n) is 6.42. The first-order chi connectivity index (χ1) is 10.3. The molecule has 0 aliphatic heterocycles. The Kier molecular flexibility index (Phi) is 9.59. The molecule has 0 atom stereocenters. The third-order valence-corrected chi connectivity index (χ3v) is 2.78. The van der Waals surface area contributed by atoms with Crippen LogP contribution in [-0.4, -0.2) is 63.6 Å². The summed E-state index contributed by atoms with van der Waals surface area (Å²) < 4.78 is 0. The number of amides is 3. The van der Waals surface area contributed by atoms with E-state index in [9.17, 15) is 24.0 Å². The molecule has 0 aromatic rings. The Balaban J connectivity index is 4.46. The number of nitrogens with zero attached hydrogens (tertiary/aromatic N) is 1. The van der Waals surface area contributed by atoms with Crippen LogP contribution < -0.4 is 5.32 Å². The molecule has 0 unspecified atom stereocenters. The van der Waals surface area contributed by atoms with Crippen LogP contribution in [0.25, 0.3) is 0 Å². The predicted molar refractivity (Wildman–Crippen MR) is 77.3 cm³/mol. The second-order valence-electron chi connectivity index (χ2n) is 4.30.